The van der Waals surface area contributed by atoms with Gasteiger partial charge in [-0.05, 0) is 11.6 Å². The Morgan fingerprint density at radius 1 is 1.11 bits per heavy atom. The fourth-order valence-corrected chi connectivity index (χ4v) is 1.91. The Balaban J connectivity index is 2.14. The van der Waals surface area contributed by atoms with Crippen molar-refractivity contribution in [3.05, 3.63) is 65.7 Å². The predicted molar refractivity (Wildman–Crippen MR) is 73.3 cm³/mol. The summed E-state index contributed by atoms with van der Waals surface area (Å²) in [7, 11) is 0. The fraction of sp³-hybridized carbons (Fsp3) is 0.133. The predicted octanol–water partition coefficient (Wildman–Crippen LogP) is 1.71. The molecule has 4 nitrogen and oxygen atoms in total. The molecule has 4 heteroatoms. The van der Waals surface area contributed by atoms with Gasteiger partial charge in [-0.25, -0.2) is 0 Å². The molecule has 0 aliphatic carbocycles. The molecule has 0 saturated heterocycles. The number of phenolic OH excluding ortho intramolecular Hbond substituents is 1. The minimum absolute atomic E-state index is 0.0619. The number of carbonyl (C=O) groups is 1. The van der Waals surface area contributed by atoms with Crippen LogP contribution in [0.1, 0.15) is 17.2 Å². The van der Waals surface area contributed by atoms with Crippen molar-refractivity contribution in [3.63, 3.8) is 0 Å². The molecule has 19 heavy (non-hydrogen) atoms. The highest BCUT2D eigenvalue weighted by molar-refractivity contribution is 5.82. The molecule has 1 unspecified atom stereocenters. The first-order valence-electron chi connectivity index (χ1n) is 6.03. The van der Waals surface area contributed by atoms with Crippen LogP contribution in [-0.2, 0) is 11.3 Å². The van der Waals surface area contributed by atoms with Crippen LogP contribution in [0.5, 0.6) is 5.75 Å². The lowest BCUT2D eigenvalue weighted by molar-refractivity contribution is -0.120. The molecule has 0 spiro atoms. The SMILES string of the molecule is NC(=O)C(NCc1ccccc1)c1ccccc1O. The van der Waals surface area contributed by atoms with Gasteiger partial charge in [0.15, 0.2) is 0 Å². The number of carbonyl (C=O) groups excluding carboxylic acids is 1. The molecule has 98 valence electrons. The molecule has 0 saturated carbocycles. The number of primary amides is 1. The van der Waals surface area contributed by atoms with E-state index in [1.165, 1.54) is 6.07 Å². The van der Waals surface area contributed by atoms with Gasteiger partial charge in [0.2, 0.25) is 5.91 Å². The quantitative estimate of drug-likeness (QED) is 0.762. The largest absolute Gasteiger partial charge is 0.508 e. The molecule has 0 radical (unpaired) electrons. The first kappa shape index (κ1) is 13.1. The van der Waals surface area contributed by atoms with Gasteiger partial charge in [-0.3, -0.25) is 10.1 Å². The van der Waals surface area contributed by atoms with Gasteiger partial charge in [-0.1, -0.05) is 48.5 Å². The molecule has 0 aliphatic heterocycles. The van der Waals surface area contributed by atoms with Crippen molar-refractivity contribution >= 4 is 5.91 Å². The number of hydrogen-bond acceptors (Lipinski definition) is 3. The number of rotatable bonds is 5. The first-order valence-corrected chi connectivity index (χ1v) is 6.03. The summed E-state index contributed by atoms with van der Waals surface area (Å²) in [4.78, 5) is 11.5. The molecular formula is C15H16N2O2. The third-order valence-electron chi connectivity index (χ3n) is 2.89. The maximum atomic E-state index is 11.5. The second-order valence-electron chi connectivity index (χ2n) is 4.26. The summed E-state index contributed by atoms with van der Waals surface area (Å²) in [5.74, 6) is -0.454. The highest BCUT2D eigenvalue weighted by Gasteiger charge is 2.19. The Labute approximate surface area is 111 Å². The minimum Gasteiger partial charge on any atom is -0.508 e. The van der Waals surface area contributed by atoms with Crippen LogP contribution in [-0.4, -0.2) is 11.0 Å². The van der Waals surface area contributed by atoms with Crippen molar-refractivity contribution < 1.29 is 9.90 Å². The number of phenols is 1. The summed E-state index contributed by atoms with van der Waals surface area (Å²) in [6, 6.07) is 15.7. The molecule has 0 aliphatic rings. The molecular weight excluding hydrogens is 240 g/mol. The summed E-state index contributed by atoms with van der Waals surface area (Å²) in [5, 5.41) is 12.8. The van der Waals surface area contributed by atoms with Crippen molar-refractivity contribution in [1.29, 1.82) is 0 Å². The Morgan fingerprint density at radius 2 is 1.74 bits per heavy atom. The van der Waals surface area contributed by atoms with E-state index in [2.05, 4.69) is 5.32 Å². The molecule has 1 atom stereocenters. The molecule has 2 aromatic rings. The Bertz CT molecular complexity index is 555. The van der Waals surface area contributed by atoms with Crippen LogP contribution in [0.2, 0.25) is 0 Å². The van der Waals surface area contributed by atoms with Crippen molar-refractivity contribution in [1.82, 2.24) is 5.32 Å². The van der Waals surface area contributed by atoms with E-state index in [1.54, 1.807) is 18.2 Å². The van der Waals surface area contributed by atoms with Crippen molar-refractivity contribution in [2.75, 3.05) is 0 Å². The third kappa shape index (κ3) is 3.33. The van der Waals surface area contributed by atoms with Crippen LogP contribution in [0.25, 0.3) is 0 Å². The van der Waals surface area contributed by atoms with Crippen molar-refractivity contribution in [3.8, 4) is 5.75 Å². The van der Waals surface area contributed by atoms with E-state index in [1.807, 2.05) is 30.3 Å². The lowest BCUT2D eigenvalue weighted by Gasteiger charge is -2.17. The van der Waals surface area contributed by atoms with E-state index < -0.39 is 11.9 Å². The Morgan fingerprint density at radius 3 is 2.37 bits per heavy atom. The van der Waals surface area contributed by atoms with Gasteiger partial charge in [0.25, 0.3) is 0 Å². The van der Waals surface area contributed by atoms with Crippen LogP contribution in [0.4, 0.5) is 0 Å². The maximum Gasteiger partial charge on any atom is 0.239 e. The second-order valence-corrected chi connectivity index (χ2v) is 4.26. The van der Waals surface area contributed by atoms with Gasteiger partial charge in [0.1, 0.15) is 11.8 Å². The zero-order chi connectivity index (χ0) is 13.7. The van der Waals surface area contributed by atoms with Gasteiger partial charge in [0.05, 0.1) is 0 Å². The van der Waals surface area contributed by atoms with Crippen LogP contribution >= 0.6 is 0 Å². The molecule has 0 fully saturated rings. The molecule has 2 rings (SSSR count). The van der Waals surface area contributed by atoms with E-state index in [4.69, 9.17) is 5.73 Å². The summed E-state index contributed by atoms with van der Waals surface area (Å²) >= 11 is 0. The van der Waals surface area contributed by atoms with E-state index in [9.17, 15) is 9.90 Å². The lowest BCUT2D eigenvalue weighted by atomic mass is 10.0. The number of amides is 1. The van der Waals surface area contributed by atoms with Gasteiger partial charge >= 0.3 is 0 Å². The Hall–Kier alpha value is -2.33. The molecule has 0 aromatic heterocycles. The van der Waals surface area contributed by atoms with E-state index in [0.29, 0.717) is 12.1 Å². The number of nitrogens with one attached hydrogen (secondary N) is 1. The van der Waals surface area contributed by atoms with Gasteiger partial charge < -0.3 is 10.8 Å². The molecule has 2 aromatic carbocycles. The standard InChI is InChI=1S/C15H16N2O2/c16-15(19)14(12-8-4-5-9-13(12)18)17-10-11-6-2-1-3-7-11/h1-9,14,17-18H,10H2,(H2,16,19). The number of benzene rings is 2. The topological polar surface area (TPSA) is 75.4 Å². The van der Waals surface area contributed by atoms with Crippen LogP contribution < -0.4 is 11.1 Å². The highest BCUT2D eigenvalue weighted by atomic mass is 16.3. The lowest BCUT2D eigenvalue weighted by Crippen LogP contribution is -2.33. The van der Waals surface area contributed by atoms with E-state index >= 15 is 0 Å². The summed E-state index contributed by atoms with van der Waals surface area (Å²) in [5.41, 5.74) is 6.93. The third-order valence-corrected chi connectivity index (χ3v) is 2.89. The van der Waals surface area contributed by atoms with Crippen molar-refractivity contribution in [2.24, 2.45) is 5.73 Å². The van der Waals surface area contributed by atoms with Crippen molar-refractivity contribution in [2.45, 2.75) is 12.6 Å². The molecule has 0 bridgehead atoms. The highest BCUT2D eigenvalue weighted by Crippen LogP contribution is 2.23. The first-order chi connectivity index (χ1) is 9.18. The van der Waals surface area contributed by atoms with Crippen LogP contribution in [0.3, 0.4) is 0 Å². The minimum atomic E-state index is -0.707. The van der Waals surface area contributed by atoms with Gasteiger partial charge in [-0.15, -0.1) is 0 Å². The summed E-state index contributed by atoms with van der Waals surface area (Å²) in [6.45, 7) is 0.503. The molecule has 0 heterocycles. The van der Waals surface area contributed by atoms with Gasteiger partial charge in [0, 0.05) is 12.1 Å². The number of para-hydroxylation sites is 1. The van der Waals surface area contributed by atoms with Gasteiger partial charge in [-0.2, -0.15) is 0 Å². The second kappa shape index (κ2) is 6.02. The normalized spacial score (nSPS) is 12.0. The smallest absolute Gasteiger partial charge is 0.239 e. The number of nitrogens with two attached hydrogens (primary N) is 1. The zero-order valence-corrected chi connectivity index (χ0v) is 10.4. The van der Waals surface area contributed by atoms with Crippen LogP contribution in [0, 0.1) is 0 Å². The molecule has 1 amide bonds. The van der Waals surface area contributed by atoms with Crippen LogP contribution in [0.15, 0.2) is 54.6 Å². The van der Waals surface area contributed by atoms with E-state index in [-0.39, 0.29) is 5.75 Å². The Kier molecular flexibility index (Phi) is 4.15. The number of hydrogen-bond donors (Lipinski definition) is 3. The molecule has 4 N–H and O–H groups in total. The monoisotopic (exact) mass is 256 g/mol. The average Bonchev–Trinajstić information content (AvgIpc) is 2.42. The van der Waals surface area contributed by atoms with E-state index in [0.717, 1.165) is 5.56 Å². The zero-order valence-electron chi connectivity index (χ0n) is 10.4. The number of aromatic hydroxyl groups is 1. The summed E-state index contributed by atoms with van der Waals surface area (Å²) in [6.07, 6.45) is 0. The average molecular weight is 256 g/mol. The summed E-state index contributed by atoms with van der Waals surface area (Å²) < 4.78 is 0. The maximum absolute atomic E-state index is 11.5. The fourth-order valence-electron chi connectivity index (χ4n) is 1.91.